The van der Waals surface area contributed by atoms with Crippen LogP contribution in [0.5, 0.6) is 0 Å². The van der Waals surface area contributed by atoms with Crippen LogP contribution >= 0.6 is 11.5 Å². The molecule has 2 fully saturated rings. The molecule has 0 aliphatic carbocycles. The van der Waals surface area contributed by atoms with Crippen molar-refractivity contribution in [3.05, 3.63) is 51.4 Å². The Kier molecular flexibility index (Phi) is 4.54. The molecule has 0 radical (unpaired) electrons. The number of fused-ring (bicyclic) bond motifs is 4. The standard InChI is InChI=1S/C20H22F2N4O2S/c21-20(22)4-5-25(12-20)19(28)18-15-6-14(16-2-1-3-17(27)26(16)18)9-24(10-15)8-13-7-23-29-11-13/h1-3,7,11,14-15,18H,4-6,8-10,12H2/t14-,15+,18+/m0/s1. The molecule has 5 rings (SSSR count). The lowest BCUT2D eigenvalue weighted by Gasteiger charge is -2.47. The van der Waals surface area contributed by atoms with Crippen LogP contribution in [0.15, 0.2) is 34.6 Å². The summed E-state index contributed by atoms with van der Waals surface area (Å²) in [5, 5.41) is 2.01. The first-order valence-electron chi connectivity index (χ1n) is 9.90. The summed E-state index contributed by atoms with van der Waals surface area (Å²) >= 11 is 1.41. The summed E-state index contributed by atoms with van der Waals surface area (Å²) in [4.78, 5) is 29.6. The zero-order valence-electron chi connectivity index (χ0n) is 15.8. The van der Waals surface area contributed by atoms with Gasteiger partial charge in [0.25, 0.3) is 11.5 Å². The first-order valence-corrected chi connectivity index (χ1v) is 10.7. The van der Waals surface area contributed by atoms with Crippen molar-refractivity contribution in [3.63, 3.8) is 0 Å². The molecule has 0 N–H and O–H groups in total. The first kappa shape index (κ1) is 18.9. The van der Waals surface area contributed by atoms with E-state index in [4.69, 9.17) is 0 Å². The number of halogens is 2. The fraction of sp³-hybridized carbons (Fsp3) is 0.550. The average Bonchev–Trinajstić information content (AvgIpc) is 3.31. The van der Waals surface area contributed by atoms with Gasteiger partial charge in [0.15, 0.2) is 0 Å². The maximum absolute atomic E-state index is 13.7. The molecule has 0 aromatic carbocycles. The van der Waals surface area contributed by atoms with Gasteiger partial charge < -0.3 is 4.90 Å². The maximum atomic E-state index is 13.7. The predicted octanol–water partition coefficient (Wildman–Crippen LogP) is 2.33. The Morgan fingerprint density at radius 3 is 2.90 bits per heavy atom. The van der Waals surface area contributed by atoms with Gasteiger partial charge in [0, 0.05) is 67.8 Å². The van der Waals surface area contributed by atoms with Crippen LogP contribution in [-0.2, 0) is 11.3 Å². The number of rotatable bonds is 3. The highest BCUT2D eigenvalue weighted by Gasteiger charge is 2.48. The van der Waals surface area contributed by atoms with Gasteiger partial charge >= 0.3 is 0 Å². The van der Waals surface area contributed by atoms with Gasteiger partial charge in [0.2, 0.25) is 5.91 Å². The van der Waals surface area contributed by atoms with Gasteiger partial charge in [-0.05, 0) is 29.6 Å². The van der Waals surface area contributed by atoms with Gasteiger partial charge in [0.1, 0.15) is 6.04 Å². The number of hydrogen-bond acceptors (Lipinski definition) is 5. The zero-order chi connectivity index (χ0) is 20.2. The Bertz CT molecular complexity index is 977. The number of aromatic nitrogens is 2. The minimum absolute atomic E-state index is 0.0414. The third kappa shape index (κ3) is 3.40. The Morgan fingerprint density at radius 1 is 1.31 bits per heavy atom. The van der Waals surface area contributed by atoms with Crippen molar-refractivity contribution >= 4 is 17.4 Å². The minimum atomic E-state index is -2.85. The second-order valence-corrected chi connectivity index (χ2v) is 9.05. The van der Waals surface area contributed by atoms with Crippen molar-refractivity contribution < 1.29 is 13.6 Å². The number of likely N-dealkylation sites (tertiary alicyclic amines) is 2. The van der Waals surface area contributed by atoms with Crippen molar-refractivity contribution in [3.8, 4) is 0 Å². The highest BCUT2D eigenvalue weighted by atomic mass is 32.1. The number of amides is 1. The molecular formula is C20H22F2N4O2S. The normalized spacial score (nSPS) is 28.3. The van der Waals surface area contributed by atoms with Gasteiger partial charge in [0.05, 0.1) is 6.54 Å². The van der Waals surface area contributed by atoms with Crippen LogP contribution in [0.3, 0.4) is 0 Å². The number of pyridine rings is 1. The van der Waals surface area contributed by atoms with E-state index < -0.39 is 18.5 Å². The van der Waals surface area contributed by atoms with E-state index in [1.807, 2.05) is 17.6 Å². The molecule has 2 bridgehead atoms. The van der Waals surface area contributed by atoms with E-state index in [-0.39, 0.29) is 36.3 Å². The van der Waals surface area contributed by atoms with Gasteiger partial charge in [-0.25, -0.2) is 13.2 Å². The van der Waals surface area contributed by atoms with Crippen LogP contribution in [0.2, 0.25) is 0 Å². The number of piperidine rings is 1. The molecule has 6 nitrogen and oxygen atoms in total. The molecule has 2 saturated heterocycles. The van der Waals surface area contributed by atoms with Crippen molar-refractivity contribution in [1.82, 2.24) is 18.7 Å². The molecular weight excluding hydrogens is 398 g/mol. The highest BCUT2D eigenvalue weighted by molar-refractivity contribution is 7.03. The molecule has 3 aliphatic rings. The second kappa shape index (κ2) is 6.98. The van der Waals surface area contributed by atoms with E-state index in [9.17, 15) is 18.4 Å². The summed E-state index contributed by atoms with van der Waals surface area (Å²) in [6.45, 7) is 1.69. The SMILES string of the molecule is O=C([C@H]1[C@@H]2C[C@@H](CN(Cc3cnsc3)C2)c2cccc(=O)n21)N1CCC(F)(F)C1. The average molecular weight is 420 g/mol. The summed E-state index contributed by atoms with van der Waals surface area (Å²) in [7, 11) is 0. The molecule has 3 aliphatic heterocycles. The molecule has 0 spiro atoms. The lowest BCUT2D eigenvalue weighted by molar-refractivity contribution is -0.138. The zero-order valence-corrected chi connectivity index (χ0v) is 16.7. The molecule has 2 aromatic heterocycles. The van der Waals surface area contributed by atoms with Crippen LogP contribution in [0.4, 0.5) is 8.78 Å². The Balaban J connectivity index is 1.49. The summed E-state index contributed by atoms with van der Waals surface area (Å²) in [5.41, 5.74) is 1.74. The number of nitrogens with zero attached hydrogens (tertiary/aromatic N) is 4. The van der Waals surface area contributed by atoms with E-state index in [2.05, 4.69) is 9.27 Å². The molecule has 5 heterocycles. The Labute approximate surface area is 170 Å². The monoisotopic (exact) mass is 420 g/mol. The Morgan fingerprint density at radius 2 is 2.17 bits per heavy atom. The predicted molar refractivity (Wildman–Crippen MR) is 104 cm³/mol. The molecule has 9 heteroatoms. The van der Waals surface area contributed by atoms with E-state index in [0.29, 0.717) is 6.54 Å². The second-order valence-electron chi connectivity index (χ2n) is 8.39. The largest absolute Gasteiger partial charge is 0.335 e. The minimum Gasteiger partial charge on any atom is -0.335 e. The van der Waals surface area contributed by atoms with E-state index in [1.54, 1.807) is 10.6 Å². The van der Waals surface area contributed by atoms with Crippen LogP contribution in [-0.4, -0.2) is 56.7 Å². The maximum Gasteiger partial charge on any atom is 0.267 e. The van der Waals surface area contributed by atoms with E-state index >= 15 is 0 Å². The van der Waals surface area contributed by atoms with Crippen molar-refractivity contribution in [2.45, 2.75) is 37.3 Å². The number of hydrogen-bond donors (Lipinski definition) is 0. The van der Waals surface area contributed by atoms with Crippen molar-refractivity contribution in [2.24, 2.45) is 5.92 Å². The molecule has 1 amide bonds. The van der Waals surface area contributed by atoms with Crippen LogP contribution in [0, 0.1) is 5.92 Å². The number of carbonyl (C=O) groups excluding carboxylic acids is 1. The quantitative estimate of drug-likeness (QED) is 0.765. The van der Waals surface area contributed by atoms with Crippen molar-refractivity contribution in [2.75, 3.05) is 26.2 Å². The summed E-state index contributed by atoms with van der Waals surface area (Å²) < 4.78 is 33.2. The van der Waals surface area contributed by atoms with Gasteiger partial charge in [-0.2, -0.15) is 0 Å². The van der Waals surface area contributed by atoms with E-state index in [0.717, 1.165) is 30.8 Å². The van der Waals surface area contributed by atoms with Crippen LogP contribution in [0.25, 0.3) is 0 Å². The van der Waals surface area contributed by atoms with Gasteiger partial charge in [-0.15, -0.1) is 0 Å². The summed E-state index contributed by atoms with van der Waals surface area (Å²) in [5.74, 6) is -3.12. The summed E-state index contributed by atoms with van der Waals surface area (Å²) in [6, 6.07) is 4.36. The van der Waals surface area contributed by atoms with Gasteiger partial charge in [-0.1, -0.05) is 6.07 Å². The molecule has 0 saturated carbocycles. The number of carbonyl (C=O) groups is 1. The molecule has 29 heavy (non-hydrogen) atoms. The molecule has 154 valence electrons. The fourth-order valence-electron chi connectivity index (χ4n) is 5.15. The topological polar surface area (TPSA) is 58.4 Å². The smallest absolute Gasteiger partial charge is 0.267 e. The highest BCUT2D eigenvalue weighted by Crippen LogP contribution is 2.43. The van der Waals surface area contributed by atoms with Crippen LogP contribution in [0.1, 0.15) is 36.1 Å². The summed E-state index contributed by atoms with van der Waals surface area (Å²) in [6.07, 6.45) is 2.33. The molecule has 2 aromatic rings. The third-order valence-corrected chi connectivity index (χ3v) is 6.98. The number of alkyl halides is 2. The fourth-order valence-corrected chi connectivity index (χ4v) is 5.68. The van der Waals surface area contributed by atoms with Crippen molar-refractivity contribution in [1.29, 1.82) is 0 Å². The Hall–Kier alpha value is -2.13. The lowest BCUT2D eigenvalue weighted by Crippen LogP contribution is -2.53. The first-order chi connectivity index (χ1) is 13.9. The molecule has 0 unspecified atom stereocenters. The van der Waals surface area contributed by atoms with Crippen LogP contribution < -0.4 is 5.56 Å². The molecule has 3 atom stereocenters. The van der Waals surface area contributed by atoms with Gasteiger partial charge in [-0.3, -0.25) is 19.1 Å². The third-order valence-electron chi connectivity index (χ3n) is 6.35. The lowest BCUT2D eigenvalue weighted by atomic mass is 9.78. The van der Waals surface area contributed by atoms with E-state index in [1.165, 1.54) is 22.5 Å².